The van der Waals surface area contributed by atoms with Crippen LogP contribution in [0.2, 0.25) is 0 Å². The number of sulfonamides is 1. The number of nitrogens with zero attached hydrogens (tertiary/aromatic N) is 5. The van der Waals surface area contributed by atoms with Crippen molar-refractivity contribution >= 4 is 10.0 Å². The van der Waals surface area contributed by atoms with Gasteiger partial charge in [-0.05, 0) is 17.4 Å². The summed E-state index contributed by atoms with van der Waals surface area (Å²) in [6.07, 6.45) is 4.79. The Kier molecular flexibility index (Phi) is 4.35. The van der Waals surface area contributed by atoms with Crippen molar-refractivity contribution in [2.45, 2.75) is 12.6 Å². The van der Waals surface area contributed by atoms with Crippen molar-refractivity contribution in [2.75, 3.05) is 32.4 Å². The van der Waals surface area contributed by atoms with Gasteiger partial charge in [-0.15, -0.1) is 10.2 Å². The largest absolute Gasteiger partial charge is 0.319 e. The van der Waals surface area contributed by atoms with Gasteiger partial charge in [0.15, 0.2) is 0 Å². The molecule has 2 saturated heterocycles. The highest BCUT2D eigenvalue weighted by Gasteiger charge is 2.50. The Morgan fingerprint density at radius 2 is 1.76 bits per heavy atom. The van der Waals surface area contributed by atoms with Gasteiger partial charge in [0, 0.05) is 32.7 Å². The zero-order valence-corrected chi connectivity index (χ0v) is 15.1. The van der Waals surface area contributed by atoms with Gasteiger partial charge in [-0.2, -0.15) is 4.31 Å². The number of aromatic nitrogens is 3. The van der Waals surface area contributed by atoms with Crippen molar-refractivity contribution in [2.24, 2.45) is 11.8 Å². The second-order valence-electron chi connectivity index (χ2n) is 7.07. The maximum atomic E-state index is 12.3. The fraction of sp³-hybridized carbons (Fsp3) is 0.529. The van der Waals surface area contributed by atoms with E-state index < -0.39 is 10.0 Å². The van der Waals surface area contributed by atoms with Crippen molar-refractivity contribution in [3.05, 3.63) is 48.5 Å². The Balaban J connectivity index is 1.52. The molecule has 0 spiro atoms. The second-order valence-corrected chi connectivity index (χ2v) is 9.01. The first kappa shape index (κ1) is 16.7. The van der Waals surface area contributed by atoms with Crippen LogP contribution in [0.4, 0.5) is 0 Å². The molecule has 0 amide bonds. The molecule has 3 atom stereocenters. The third kappa shape index (κ3) is 3.33. The number of hydrogen-bond donors (Lipinski definition) is 0. The van der Waals surface area contributed by atoms with Gasteiger partial charge >= 0.3 is 0 Å². The van der Waals surface area contributed by atoms with Gasteiger partial charge < -0.3 is 9.47 Å². The number of hydrogen-bond acceptors (Lipinski definition) is 5. The molecule has 2 aromatic rings. The van der Waals surface area contributed by atoms with E-state index in [0.29, 0.717) is 18.4 Å². The molecule has 1 aromatic heterocycles. The van der Waals surface area contributed by atoms with E-state index in [0.717, 1.165) is 31.7 Å². The molecule has 25 heavy (non-hydrogen) atoms. The first-order valence-corrected chi connectivity index (χ1v) is 10.4. The topological polar surface area (TPSA) is 71.3 Å². The zero-order valence-electron chi connectivity index (χ0n) is 14.3. The predicted molar refractivity (Wildman–Crippen MR) is 94.2 cm³/mol. The number of benzene rings is 1. The molecule has 8 heteroatoms. The molecule has 0 radical (unpaired) electrons. The minimum atomic E-state index is -3.21. The average molecular weight is 361 g/mol. The fourth-order valence-electron chi connectivity index (χ4n) is 4.28. The molecular weight excluding hydrogens is 338 g/mol. The van der Waals surface area contributed by atoms with E-state index in [1.807, 2.05) is 34.9 Å². The molecule has 0 saturated carbocycles. The number of rotatable bonds is 5. The van der Waals surface area contributed by atoms with E-state index in [4.69, 9.17) is 0 Å². The zero-order chi connectivity index (χ0) is 17.4. The van der Waals surface area contributed by atoms with E-state index in [1.54, 1.807) is 17.0 Å². The van der Waals surface area contributed by atoms with Gasteiger partial charge in [0.2, 0.25) is 10.0 Å². The molecule has 0 bridgehead atoms. The molecule has 0 aliphatic carbocycles. The molecule has 7 nitrogen and oxygen atoms in total. The predicted octanol–water partition coefficient (Wildman–Crippen LogP) is 0.843. The van der Waals surface area contributed by atoms with Gasteiger partial charge in [0.25, 0.3) is 0 Å². The molecule has 4 rings (SSSR count). The third-order valence-electron chi connectivity index (χ3n) is 5.41. The van der Waals surface area contributed by atoms with Crippen molar-refractivity contribution in [3.8, 4) is 0 Å². The lowest BCUT2D eigenvalue weighted by molar-refractivity contribution is 0.259. The van der Waals surface area contributed by atoms with E-state index in [9.17, 15) is 8.42 Å². The summed E-state index contributed by atoms with van der Waals surface area (Å²) in [5, 5.41) is 7.67. The van der Waals surface area contributed by atoms with Gasteiger partial charge in [-0.25, -0.2) is 8.42 Å². The van der Waals surface area contributed by atoms with Crippen molar-refractivity contribution < 1.29 is 8.42 Å². The lowest BCUT2D eigenvalue weighted by atomic mass is 9.90. The summed E-state index contributed by atoms with van der Waals surface area (Å²) in [7, 11) is -3.21. The lowest BCUT2D eigenvalue weighted by Gasteiger charge is -2.28. The molecule has 134 valence electrons. The molecule has 2 aliphatic heterocycles. The molecule has 0 N–H and O–H groups in total. The summed E-state index contributed by atoms with van der Waals surface area (Å²) in [4.78, 5) is 2.44. The van der Waals surface area contributed by atoms with Crippen LogP contribution in [0.1, 0.15) is 11.6 Å². The standard InChI is InChI=1S/C17H23N5O2S/c1-25(23,24)22-10-15-9-20(7-8-21-12-18-19-13-21)11-16(15)17(22)14-5-3-2-4-6-14/h2-6,12-13,15-17H,7-11H2,1H3/t15-,16-,17+/m1/s1. The molecule has 2 aliphatic rings. The summed E-state index contributed by atoms with van der Waals surface area (Å²) in [6, 6.07) is 9.99. The number of likely N-dealkylation sites (tertiary alicyclic amines) is 1. The summed E-state index contributed by atoms with van der Waals surface area (Å²) in [5.74, 6) is 0.735. The van der Waals surface area contributed by atoms with Crippen LogP contribution in [0.25, 0.3) is 0 Å². The molecule has 1 aromatic carbocycles. The Morgan fingerprint density at radius 1 is 1.04 bits per heavy atom. The van der Waals surface area contributed by atoms with Gasteiger partial charge in [-0.3, -0.25) is 0 Å². The first-order valence-electron chi connectivity index (χ1n) is 8.59. The Labute approximate surface area is 148 Å². The van der Waals surface area contributed by atoms with Crippen LogP contribution in [-0.4, -0.2) is 64.8 Å². The summed E-state index contributed by atoms with van der Waals surface area (Å²) in [6.45, 7) is 4.29. The van der Waals surface area contributed by atoms with E-state index in [-0.39, 0.29) is 6.04 Å². The van der Waals surface area contributed by atoms with Crippen LogP contribution in [0, 0.1) is 11.8 Å². The second kappa shape index (κ2) is 6.51. The van der Waals surface area contributed by atoms with Gasteiger partial charge in [0.1, 0.15) is 12.7 Å². The first-order chi connectivity index (χ1) is 12.0. The van der Waals surface area contributed by atoms with Crippen LogP contribution in [0.15, 0.2) is 43.0 Å². The average Bonchev–Trinajstić information content (AvgIpc) is 3.28. The Morgan fingerprint density at radius 3 is 2.44 bits per heavy atom. The summed E-state index contributed by atoms with van der Waals surface area (Å²) >= 11 is 0. The maximum absolute atomic E-state index is 12.3. The monoisotopic (exact) mass is 361 g/mol. The Bertz CT molecular complexity index is 809. The van der Waals surface area contributed by atoms with Crippen LogP contribution in [0.3, 0.4) is 0 Å². The highest BCUT2D eigenvalue weighted by molar-refractivity contribution is 7.88. The van der Waals surface area contributed by atoms with E-state index in [1.165, 1.54) is 6.26 Å². The summed E-state index contributed by atoms with van der Waals surface area (Å²) < 4.78 is 28.3. The quantitative estimate of drug-likeness (QED) is 0.789. The summed E-state index contributed by atoms with van der Waals surface area (Å²) in [5.41, 5.74) is 1.10. The minimum Gasteiger partial charge on any atom is -0.319 e. The van der Waals surface area contributed by atoms with E-state index >= 15 is 0 Å². The van der Waals surface area contributed by atoms with Crippen LogP contribution in [0.5, 0.6) is 0 Å². The molecule has 3 heterocycles. The highest BCUT2D eigenvalue weighted by Crippen LogP contribution is 2.45. The third-order valence-corrected chi connectivity index (χ3v) is 6.63. The normalized spacial score (nSPS) is 27.6. The Hall–Kier alpha value is -1.77. The van der Waals surface area contributed by atoms with Gasteiger partial charge in [-0.1, -0.05) is 30.3 Å². The lowest BCUT2D eigenvalue weighted by Crippen LogP contribution is -2.35. The highest BCUT2D eigenvalue weighted by atomic mass is 32.2. The smallest absolute Gasteiger partial charge is 0.211 e. The van der Waals surface area contributed by atoms with Crippen LogP contribution < -0.4 is 0 Å². The SMILES string of the molecule is CS(=O)(=O)N1C[C@H]2CN(CCn3cnnc3)C[C@H]2[C@@H]1c1ccccc1. The van der Waals surface area contributed by atoms with Crippen molar-refractivity contribution in [3.63, 3.8) is 0 Å². The minimum absolute atomic E-state index is 0.0545. The van der Waals surface area contributed by atoms with Crippen molar-refractivity contribution in [1.29, 1.82) is 0 Å². The van der Waals surface area contributed by atoms with Gasteiger partial charge in [0.05, 0.1) is 12.3 Å². The van der Waals surface area contributed by atoms with Crippen LogP contribution >= 0.6 is 0 Å². The van der Waals surface area contributed by atoms with Crippen LogP contribution in [-0.2, 0) is 16.6 Å². The fourth-order valence-corrected chi connectivity index (χ4v) is 5.43. The number of fused-ring (bicyclic) bond motifs is 1. The molecule has 2 fully saturated rings. The van der Waals surface area contributed by atoms with Crippen molar-refractivity contribution in [1.82, 2.24) is 24.0 Å². The molecule has 0 unspecified atom stereocenters. The molecular formula is C17H23N5O2S. The van der Waals surface area contributed by atoms with E-state index in [2.05, 4.69) is 15.1 Å². The maximum Gasteiger partial charge on any atom is 0.211 e.